The maximum atomic E-state index is 12.1. The van der Waals surface area contributed by atoms with Gasteiger partial charge in [-0.3, -0.25) is 9.59 Å². The number of aryl methyl sites for hydroxylation is 2. The average Bonchev–Trinajstić information content (AvgIpc) is 2.41. The summed E-state index contributed by atoms with van der Waals surface area (Å²) in [6, 6.07) is 5.05. The van der Waals surface area contributed by atoms with Crippen molar-refractivity contribution in [3.63, 3.8) is 0 Å². The maximum absolute atomic E-state index is 12.1. The number of carboxylic acid groups (broad SMARTS) is 1. The Morgan fingerprint density at radius 3 is 2.50 bits per heavy atom. The molecule has 1 aromatic rings. The minimum Gasteiger partial charge on any atom is -0.480 e. The first kappa shape index (κ1) is 18.2. The number of nitrogens with one attached hydrogen (secondary N) is 2. The molecule has 1 amide bonds. The lowest BCUT2D eigenvalue weighted by Crippen LogP contribution is -2.43. The van der Waals surface area contributed by atoms with E-state index in [9.17, 15) is 9.59 Å². The number of carboxylic acids is 1. The normalized spacial score (nSPS) is 13.5. The molecule has 122 valence electrons. The summed E-state index contributed by atoms with van der Waals surface area (Å²) in [4.78, 5) is 23.2. The summed E-state index contributed by atoms with van der Waals surface area (Å²) in [7, 11) is 0. The second kappa shape index (κ2) is 8.54. The van der Waals surface area contributed by atoms with Gasteiger partial charge < -0.3 is 15.7 Å². The Morgan fingerprint density at radius 2 is 1.95 bits per heavy atom. The maximum Gasteiger partial charge on any atom is 0.320 e. The third-order valence-electron chi connectivity index (χ3n) is 3.51. The van der Waals surface area contributed by atoms with Crippen LogP contribution >= 0.6 is 0 Å². The highest BCUT2D eigenvalue weighted by Gasteiger charge is 2.20. The van der Waals surface area contributed by atoms with Gasteiger partial charge >= 0.3 is 5.97 Å². The second-order valence-corrected chi connectivity index (χ2v) is 5.82. The van der Waals surface area contributed by atoms with Gasteiger partial charge in [0.25, 0.3) is 0 Å². The zero-order valence-corrected chi connectivity index (χ0v) is 13.8. The lowest BCUT2D eigenvalue weighted by molar-refractivity contribution is -0.140. The van der Waals surface area contributed by atoms with Gasteiger partial charge in [0.2, 0.25) is 5.91 Å². The van der Waals surface area contributed by atoms with Gasteiger partial charge in [-0.1, -0.05) is 31.0 Å². The quantitative estimate of drug-likeness (QED) is 0.690. The minimum absolute atomic E-state index is 0.118. The number of carbonyl (C=O) groups excluding carboxylic acids is 1. The third-order valence-corrected chi connectivity index (χ3v) is 3.51. The molecule has 0 aromatic heterocycles. The van der Waals surface area contributed by atoms with E-state index < -0.39 is 12.0 Å². The molecular formula is C17H26N2O3. The van der Waals surface area contributed by atoms with Crippen molar-refractivity contribution < 1.29 is 14.7 Å². The molecule has 0 saturated carbocycles. The van der Waals surface area contributed by atoms with Crippen LogP contribution in [0.1, 0.15) is 44.2 Å². The lowest BCUT2D eigenvalue weighted by atomic mass is 10.1. The van der Waals surface area contributed by atoms with Crippen LogP contribution in [0.25, 0.3) is 0 Å². The van der Waals surface area contributed by atoms with Crippen LogP contribution in [0.5, 0.6) is 0 Å². The van der Waals surface area contributed by atoms with Crippen molar-refractivity contribution >= 4 is 17.6 Å². The molecule has 2 atom stereocenters. The van der Waals surface area contributed by atoms with Crippen molar-refractivity contribution in [3.05, 3.63) is 29.3 Å². The van der Waals surface area contributed by atoms with E-state index in [0.717, 1.165) is 23.2 Å². The summed E-state index contributed by atoms with van der Waals surface area (Å²) in [5, 5.41) is 15.0. The first-order chi connectivity index (χ1) is 10.3. The standard InChI is InChI=1S/C17H26N2O3/c1-5-6-15(17(21)22)18-13(4)10-16(20)19-14-8-7-11(2)9-12(14)3/h7-9,13,15,18H,5-6,10H2,1-4H3,(H,19,20)(H,21,22). The number of amides is 1. The summed E-state index contributed by atoms with van der Waals surface area (Å²) < 4.78 is 0. The largest absolute Gasteiger partial charge is 0.480 e. The zero-order valence-electron chi connectivity index (χ0n) is 13.8. The Labute approximate surface area is 132 Å². The number of benzene rings is 1. The highest BCUT2D eigenvalue weighted by atomic mass is 16.4. The van der Waals surface area contributed by atoms with Gasteiger partial charge in [-0.05, 0) is 38.8 Å². The number of anilines is 1. The predicted octanol–water partition coefficient (Wildman–Crippen LogP) is 2.86. The molecule has 2 unspecified atom stereocenters. The SMILES string of the molecule is CCCC(NC(C)CC(=O)Nc1ccc(C)cc1C)C(=O)O. The second-order valence-electron chi connectivity index (χ2n) is 5.82. The van der Waals surface area contributed by atoms with E-state index >= 15 is 0 Å². The van der Waals surface area contributed by atoms with Crippen molar-refractivity contribution in [2.24, 2.45) is 0 Å². The zero-order chi connectivity index (χ0) is 16.7. The third kappa shape index (κ3) is 5.85. The smallest absolute Gasteiger partial charge is 0.320 e. The number of hydrogen-bond acceptors (Lipinski definition) is 3. The molecule has 0 saturated heterocycles. The Balaban J connectivity index is 2.55. The fourth-order valence-electron chi connectivity index (χ4n) is 2.40. The number of rotatable bonds is 8. The van der Waals surface area contributed by atoms with Gasteiger partial charge in [-0.2, -0.15) is 0 Å². The summed E-state index contributed by atoms with van der Waals surface area (Å²) in [6.07, 6.45) is 1.57. The van der Waals surface area contributed by atoms with E-state index in [1.807, 2.05) is 45.9 Å². The van der Waals surface area contributed by atoms with Crippen molar-refractivity contribution in [1.82, 2.24) is 5.32 Å². The average molecular weight is 306 g/mol. The van der Waals surface area contributed by atoms with Crippen LogP contribution in [-0.4, -0.2) is 29.1 Å². The van der Waals surface area contributed by atoms with Gasteiger partial charge in [0.1, 0.15) is 6.04 Å². The molecule has 1 rings (SSSR count). The molecule has 0 aliphatic heterocycles. The molecule has 5 nitrogen and oxygen atoms in total. The molecule has 0 aliphatic rings. The molecule has 0 fully saturated rings. The number of aliphatic carboxylic acids is 1. The Morgan fingerprint density at radius 1 is 1.27 bits per heavy atom. The van der Waals surface area contributed by atoms with Gasteiger partial charge in [0.05, 0.1) is 0 Å². The number of hydrogen-bond donors (Lipinski definition) is 3. The van der Waals surface area contributed by atoms with Crippen LogP contribution in [0.4, 0.5) is 5.69 Å². The van der Waals surface area contributed by atoms with Crippen molar-refractivity contribution in [2.75, 3.05) is 5.32 Å². The van der Waals surface area contributed by atoms with Crippen LogP contribution in [0.15, 0.2) is 18.2 Å². The van der Waals surface area contributed by atoms with E-state index in [-0.39, 0.29) is 18.4 Å². The van der Waals surface area contributed by atoms with Gasteiger partial charge in [-0.15, -0.1) is 0 Å². The molecular weight excluding hydrogens is 280 g/mol. The molecule has 5 heteroatoms. The summed E-state index contributed by atoms with van der Waals surface area (Å²) >= 11 is 0. The fourth-order valence-corrected chi connectivity index (χ4v) is 2.40. The van der Waals surface area contributed by atoms with Crippen molar-refractivity contribution in [3.8, 4) is 0 Å². The summed E-state index contributed by atoms with van der Waals surface area (Å²) in [5.74, 6) is -0.990. The van der Waals surface area contributed by atoms with Gasteiger partial charge in [-0.25, -0.2) is 0 Å². The van der Waals surface area contributed by atoms with Crippen molar-refractivity contribution in [2.45, 2.75) is 59.0 Å². The minimum atomic E-state index is -0.872. The first-order valence-corrected chi connectivity index (χ1v) is 7.69. The van der Waals surface area contributed by atoms with E-state index in [4.69, 9.17) is 5.11 Å². The highest BCUT2D eigenvalue weighted by molar-refractivity contribution is 5.91. The van der Waals surface area contributed by atoms with E-state index in [1.54, 1.807) is 0 Å². The molecule has 3 N–H and O–H groups in total. The fraction of sp³-hybridized carbons (Fsp3) is 0.529. The Hall–Kier alpha value is -1.88. The van der Waals surface area contributed by atoms with Crippen LogP contribution in [-0.2, 0) is 9.59 Å². The van der Waals surface area contributed by atoms with Crippen molar-refractivity contribution in [1.29, 1.82) is 0 Å². The van der Waals surface area contributed by atoms with Crippen LogP contribution < -0.4 is 10.6 Å². The van der Waals surface area contributed by atoms with Gasteiger partial charge in [0.15, 0.2) is 0 Å². The molecule has 0 aliphatic carbocycles. The number of carbonyl (C=O) groups is 2. The molecule has 0 radical (unpaired) electrons. The summed E-state index contributed by atoms with van der Waals surface area (Å²) in [6.45, 7) is 7.72. The molecule has 0 spiro atoms. The molecule has 22 heavy (non-hydrogen) atoms. The van der Waals surface area contributed by atoms with Crippen LogP contribution in [0.2, 0.25) is 0 Å². The first-order valence-electron chi connectivity index (χ1n) is 7.69. The Bertz CT molecular complexity index is 529. The highest BCUT2D eigenvalue weighted by Crippen LogP contribution is 2.16. The van der Waals surface area contributed by atoms with E-state index in [0.29, 0.717) is 6.42 Å². The monoisotopic (exact) mass is 306 g/mol. The molecule has 0 heterocycles. The topological polar surface area (TPSA) is 78.4 Å². The van der Waals surface area contributed by atoms with Gasteiger partial charge in [0, 0.05) is 18.2 Å². The Kier molecular flexibility index (Phi) is 7.05. The molecule has 1 aromatic carbocycles. The predicted molar refractivity (Wildman–Crippen MR) is 88.1 cm³/mol. The van der Waals surface area contributed by atoms with E-state index in [1.165, 1.54) is 0 Å². The van der Waals surface area contributed by atoms with Crippen LogP contribution in [0.3, 0.4) is 0 Å². The summed E-state index contributed by atoms with van der Waals surface area (Å²) in [5.41, 5.74) is 2.96. The van der Waals surface area contributed by atoms with Crippen LogP contribution in [0, 0.1) is 13.8 Å². The lowest BCUT2D eigenvalue weighted by Gasteiger charge is -2.19. The van der Waals surface area contributed by atoms with E-state index in [2.05, 4.69) is 10.6 Å². The molecule has 0 bridgehead atoms.